The largest absolute Gasteiger partial charge is 0.492 e. The maximum Gasteiger partial charge on any atom is 0.199 e. The Morgan fingerprint density at radius 3 is 2.38 bits per heavy atom. The summed E-state index contributed by atoms with van der Waals surface area (Å²) >= 11 is 0. The first-order valence-corrected chi connectivity index (χ1v) is 14.4. The number of fused-ring (bicyclic) bond motifs is 1. The maximum absolute atomic E-state index is 13.9. The fraction of sp³-hybridized carbons (Fsp3) is 0.424. The van der Waals surface area contributed by atoms with E-state index in [0.29, 0.717) is 30.3 Å². The molecule has 0 aromatic heterocycles. The zero-order valence-corrected chi connectivity index (χ0v) is 22.4. The molecule has 2 saturated heterocycles. The number of rotatable bonds is 8. The van der Waals surface area contributed by atoms with E-state index in [1.54, 1.807) is 0 Å². The highest BCUT2D eigenvalue weighted by Crippen LogP contribution is 2.45. The van der Waals surface area contributed by atoms with Crippen molar-refractivity contribution in [1.29, 1.82) is 0 Å². The Hall–Kier alpha value is -3.35. The molecule has 0 spiro atoms. The molecule has 3 aliphatic rings. The molecule has 3 heterocycles. The fourth-order valence-electron chi connectivity index (χ4n) is 5.82. The van der Waals surface area contributed by atoms with Crippen molar-refractivity contribution >= 4 is 5.78 Å². The summed E-state index contributed by atoms with van der Waals surface area (Å²) < 4.78 is 24.5. The molecule has 204 valence electrons. The van der Waals surface area contributed by atoms with Gasteiger partial charge in [-0.3, -0.25) is 9.69 Å². The van der Waals surface area contributed by atoms with Crippen molar-refractivity contribution in [2.24, 2.45) is 0 Å². The van der Waals surface area contributed by atoms with Crippen LogP contribution in [0.2, 0.25) is 0 Å². The van der Waals surface area contributed by atoms with Crippen LogP contribution < -0.4 is 14.2 Å². The van der Waals surface area contributed by atoms with Gasteiger partial charge in [-0.1, -0.05) is 48.9 Å². The van der Waals surface area contributed by atoms with Crippen LogP contribution in [0.3, 0.4) is 0 Å². The predicted octanol–water partition coefficient (Wildman–Crippen LogP) is 6.56. The van der Waals surface area contributed by atoms with Crippen molar-refractivity contribution in [1.82, 2.24) is 4.90 Å². The molecule has 3 aromatic carbocycles. The van der Waals surface area contributed by atoms with Gasteiger partial charge >= 0.3 is 0 Å². The second kappa shape index (κ2) is 12.2. The average Bonchev–Trinajstić information content (AvgIpc) is 2.99. The molecule has 0 aliphatic carbocycles. The van der Waals surface area contributed by atoms with Crippen LogP contribution in [0.4, 0.5) is 0 Å². The number of nitrogens with zero attached hydrogens (tertiary/aromatic N) is 1. The van der Waals surface area contributed by atoms with Crippen LogP contribution in [0.5, 0.6) is 17.2 Å². The van der Waals surface area contributed by atoms with Gasteiger partial charge in [0.2, 0.25) is 0 Å². The smallest absolute Gasteiger partial charge is 0.199 e. The lowest BCUT2D eigenvalue weighted by Crippen LogP contribution is -2.33. The lowest BCUT2D eigenvalue weighted by Gasteiger charge is -2.33. The van der Waals surface area contributed by atoms with Gasteiger partial charge in [-0.15, -0.1) is 0 Å². The Morgan fingerprint density at radius 2 is 1.62 bits per heavy atom. The summed E-state index contributed by atoms with van der Waals surface area (Å²) in [5, 5.41) is 0. The number of Topliss-reactive ketones (excluding diaryl/α,β-unsaturated/α-hetero) is 1. The standard InChI is InChI=1S/C33H37NO5/c35-32-28-17-16-27(38-30-11-5-8-21-37-30)23-29(28)39-33(31(32)24-9-3-1-4-10-24)25-12-14-26(15-13-25)36-22-20-34-18-6-2-7-19-34/h1,3-4,9-10,12-17,23,30-31,33H,2,5-8,11,18-22H2/t30?,31-,33+/m1/s1. The summed E-state index contributed by atoms with van der Waals surface area (Å²) in [6.45, 7) is 4.66. The molecule has 6 heteroatoms. The summed E-state index contributed by atoms with van der Waals surface area (Å²) in [6.07, 6.45) is 6.19. The van der Waals surface area contributed by atoms with Crippen LogP contribution in [-0.4, -0.2) is 49.8 Å². The van der Waals surface area contributed by atoms with Crippen molar-refractivity contribution in [3.05, 3.63) is 89.5 Å². The number of likely N-dealkylation sites (tertiary alicyclic amines) is 1. The maximum atomic E-state index is 13.9. The number of hydrogen-bond acceptors (Lipinski definition) is 6. The molecule has 6 nitrogen and oxygen atoms in total. The van der Waals surface area contributed by atoms with Gasteiger partial charge in [-0.05, 0) is 74.2 Å². The summed E-state index contributed by atoms with van der Waals surface area (Å²) in [4.78, 5) is 16.4. The summed E-state index contributed by atoms with van der Waals surface area (Å²) in [6, 6.07) is 23.4. The number of benzene rings is 3. The zero-order valence-electron chi connectivity index (χ0n) is 22.4. The van der Waals surface area contributed by atoms with Crippen molar-refractivity contribution in [2.75, 3.05) is 32.8 Å². The summed E-state index contributed by atoms with van der Waals surface area (Å²) in [5.41, 5.74) is 2.46. The minimum atomic E-state index is -0.462. The lowest BCUT2D eigenvalue weighted by atomic mass is 9.81. The Morgan fingerprint density at radius 1 is 0.821 bits per heavy atom. The van der Waals surface area contributed by atoms with E-state index < -0.39 is 12.0 Å². The van der Waals surface area contributed by atoms with E-state index in [9.17, 15) is 4.79 Å². The highest BCUT2D eigenvalue weighted by Gasteiger charge is 2.39. The Kier molecular flexibility index (Phi) is 8.12. The van der Waals surface area contributed by atoms with E-state index >= 15 is 0 Å². The summed E-state index contributed by atoms with van der Waals surface area (Å²) in [5.74, 6) is 1.64. The monoisotopic (exact) mass is 527 g/mol. The van der Waals surface area contributed by atoms with Gasteiger partial charge in [0, 0.05) is 19.0 Å². The molecule has 3 atom stereocenters. The van der Waals surface area contributed by atoms with Crippen LogP contribution in [0, 0.1) is 0 Å². The molecule has 2 fully saturated rings. The molecule has 3 aliphatic heterocycles. The highest BCUT2D eigenvalue weighted by atomic mass is 16.7. The van der Waals surface area contributed by atoms with Crippen molar-refractivity contribution in [3.8, 4) is 17.2 Å². The topological polar surface area (TPSA) is 57.2 Å². The Balaban J connectivity index is 1.21. The third-order valence-corrected chi connectivity index (χ3v) is 7.96. The van der Waals surface area contributed by atoms with E-state index in [2.05, 4.69) is 4.90 Å². The SMILES string of the molecule is O=C1c2ccc(OC3CCCCO3)cc2O[C@@H](c2ccc(OCCN3CCCCC3)cc2)[C@@H]1c1ccccc1. The minimum Gasteiger partial charge on any atom is -0.492 e. The first-order valence-electron chi connectivity index (χ1n) is 14.4. The van der Waals surface area contributed by atoms with Crippen LogP contribution >= 0.6 is 0 Å². The fourth-order valence-corrected chi connectivity index (χ4v) is 5.82. The van der Waals surface area contributed by atoms with Crippen molar-refractivity contribution in [3.63, 3.8) is 0 Å². The zero-order chi connectivity index (χ0) is 26.4. The van der Waals surface area contributed by atoms with Crippen LogP contribution in [0.1, 0.15) is 72.0 Å². The number of hydrogen-bond donors (Lipinski definition) is 0. The van der Waals surface area contributed by atoms with Crippen molar-refractivity contribution < 1.29 is 23.7 Å². The van der Waals surface area contributed by atoms with E-state index in [1.807, 2.05) is 72.8 Å². The van der Waals surface area contributed by atoms with Crippen molar-refractivity contribution in [2.45, 2.75) is 56.8 Å². The number of piperidine rings is 1. The number of ketones is 1. The molecule has 0 amide bonds. The normalized spacial score (nSPS) is 23.5. The average molecular weight is 528 g/mol. The third kappa shape index (κ3) is 6.13. The van der Waals surface area contributed by atoms with Gasteiger partial charge in [-0.2, -0.15) is 0 Å². The predicted molar refractivity (Wildman–Crippen MR) is 150 cm³/mol. The van der Waals surface area contributed by atoms with Crippen LogP contribution in [0.25, 0.3) is 0 Å². The van der Waals surface area contributed by atoms with Gasteiger partial charge in [0.25, 0.3) is 0 Å². The quantitative estimate of drug-likeness (QED) is 0.331. The first kappa shape index (κ1) is 25.9. The van der Waals surface area contributed by atoms with E-state index in [1.165, 1.54) is 19.3 Å². The Labute approximate surface area is 230 Å². The van der Waals surface area contributed by atoms with Gasteiger partial charge in [0.15, 0.2) is 12.1 Å². The molecule has 0 N–H and O–H groups in total. The van der Waals surface area contributed by atoms with E-state index in [4.69, 9.17) is 18.9 Å². The molecule has 0 saturated carbocycles. The second-order valence-corrected chi connectivity index (χ2v) is 10.7. The minimum absolute atomic E-state index is 0.0507. The van der Waals surface area contributed by atoms with Gasteiger partial charge in [-0.25, -0.2) is 0 Å². The second-order valence-electron chi connectivity index (χ2n) is 10.7. The van der Waals surface area contributed by atoms with Gasteiger partial charge < -0.3 is 18.9 Å². The van der Waals surface area contributed by atoms with Gasteiger partial charge in [0.1, 0.15) is 30.0 Å². The van der Waals surface area contributed by atoms with Gasteiger partial charge in [0.05, 0.1) is 18.1 Å². The number of ether oxygens (including phenoxy) is 4. The molecule has 39 heavy (non-hydrogen) atoms. The van der Waals surface area contributed by atoms with Crippen LogP contribution in [0.15, 0.2) is 72.8 Å². The van der Waals surface area contributed by atoms with E-state index in [-0.39, 0.29) is 12.1 Å². The number of carbonyl (C=O) groups excluding carboxylic acids is 1. The molecular formula is C33H37NO5. The molecule has 0 bridgehead atoms. The Bertz CT molecular complexity index is 1230. The highest BCUT2D eigenvalue weighted by molar-refractivity contribution is 6.04. The lowest BCUT2D eigenvalue weighted by molar-refractivity contribution is -0.106. The third-order valence-electron chi connectivity index (χ3n) is 7.96. The molecule has 1 unspecified atom stereocenters. The molecular weight excluding hydrogens is 490 g/mol. The number of carbonyl (C=O) groups is 1. The van der Waals surface area contributed by atoms with E-state index in [0.717, 1.165) is 55.8 Å². The summed E-state index contributed by atoms with van der Waals surface area (Å²) in [7, 11) is 0. The van der Waals surface area contributed by atoms with Crippen LogP contribution in [-0.2, 0) is 4.74 Å². The molecule has 6 rings (SSSR count). The molecule has 0 radical (unpaired) electrons. The first-order chi connectivity index (χ1) is 19.2. The molecule has 3 aromatic rings.